The summed E-state index contributed by atoms with van der Waals surface area (Å²) in [6.45, 7) is 7.39. The summed E-state index contributed by atoms with van der Waals surface area (Å²) < 4.78 is 0. The van der Waals surface area contributed by atoms with Crippen molar-refractivity contribution in [1.29, 1.82) is 0 Å². The zero-order chi connectivity index (χ0) is 17.6. The summed E-state index contributed by atoms with van der Waals surface area (Å²) in [6, 6.07) is 6.06. The molecule has 2 heterocycles. The maximum Gasteiger partial charge on any atom is 0.227 e. The summed E-state index contributed by atoms with van der Waals surface area (Å²) in [5.41, 5.74) is 3.07. The molecule has 0 spiro atoms. The third kappa shape index (κ3) is 4.92. The number of aryl methyl sites for hydroxylation is 1. The van der Waals surface area contributed by atoms with Crippen molar-refractivity contribution in [3.05, 3.63) is 23.8 Å². The molecule has 2 saturated heterocycles. The molecule has 2 aliphatic heterocycles. The molecule has 5 nitrogen and oxygen atoms in total. The molecule has 0 unspecified atom stereocenters. The highest BCUT2D eigenvalue weighted by molar-refractivity contribution is 7.80. The monoisotopic (exact) mass is 360 g/mol. The zero-order valence-electron chi connectivity index (χ0n) is 15.0. The summed E-state index contributed by atoms with van der Waals surface area (Å²) in [4.78, 5) is 16.3. The minimum Gasteiger partial charge on any atom is -0.362 e. The lowest BCUT2D eigenvalue weighted by Gasteiger charge is -2.19. The Balaban J connectivity index is 1.44. The molecule has 0 atom stereocenters. The van der Waals surface area contributed by atoms with Gasteiger partial charge in [0, 0.05) is 30.9 Å². The first-order chi connectivity index (χ1) is 12.1. The summed E-state index contributed by atoms with van der Waals surface area (Å²) in [5.74, 6) is 0.221. The Hall–Kier alpha value is -1.66. The Labute approximate surface area is 155 Å². The topological polar surface area (TPSA) is 47.6 Å². The lowest BCUT2D eigenvalue weighted by atomic mass is 10.1. The SMILES string of the molecule is Cc1cc(NC(=S)NCCCN2CCCC2)ccc1N1CCCC1=O. The predicted octanol–water partition coefficient (Wildman–Crippen LogP) is 2.89. The quantitative estimate of drug-likeness (QED) is 0.603. The number of nitrogens with one attached hydrogen (secondary N) is 2. The van der Waals surface area contributed by atoms with Gasteiger partial charge < -0.3 is 20.4 Å². The maximum atomic E-state index is 11.9. The van der Waals surface area contributed by atoms with Crippen molar-refractivity contribution < 1.29 is 4.79 Å². The number of amides is 1. The summed E-state index contributed by atoms with van der Waals surface area (Å²) >= 11 is 5.39. The van der Waals surface area contributed by atoms with Crippen molar-refractivity contribution in [2.75, 3.05) is 42.9 Å². The van der Waals surface area contributed by atoms with Crippen LogP contribution in [0.3, 0.4) is 0 Å². The van der Waals surface area contributed by atoms with Crippen molar-refractivity contribution >= 4 is 34.6 Å². The van der Waals surface area contributed by atoms with E-state index in [1.807, 2.05) is 24.0 Å². The number of nitrogens with zero attached hydrogens (tertiary/aromatic N) is 2. The second-order valence-electron chi connectivity index (χ2n) is 6.93. The molecular formula is C19H28N4OS. The zero-order valence-corrected chi connectivity index (χ0v) is 15.8. The molecule has 1 aromatic rings. The fourth-order valence-electron chi connectivity index (χ4n) is 3.63. The third-order valence-corrected chi connectivity index (χ3v) is 5.20. The van der Waals surface area contributed by atoms with Gasteiger partial charge in [0.05, 0.1) is 0 Å². The fraction of sp³-hybridized carbons (Fsp3) is 0.579. The van der Waals surface area contributed by atoms with Crippen LogP contribution in [-0.4, -0.2) is 48.6 Å². The smallest absolute Gasteiger partial charge is 0.227 e. The Morgan fingerprint density at radius 2 is 2.00 bits per heavy atom. The number of rotatable bonds is 6. The highest BCUT2D eigenvalue weighted by Gasteiger charge is 2.22. The van der Waals surface area contributed by atoms with Crippen LogP contribution < -0.4 is 15.5 Å². The van der Waals surface area contributed by atoms with E-state index >= 15 is 0 Å². The van der Waals surface area contributed by atoms with Gasteiger partial charge in [-0.25, -0.2) is 0 Å². The number of likely N-dealkylation sites (tertiary alicyclic amines) is 1. The van der Waals surface area contributed by atoms with Crippen molar-refractivity contribution in [3.8, 4) is 0 Å². The first-order valence-corrected chi connectivity index (χ1v) is 9.72. The molecule has 2 aliphatic rings. The van der Waals surface area contributed by atoms with Crippen LogP contribution in [0.2, 0.25) is 0 Å². The van der Waals surface area contributed by atoms with Gasteiger partial charge in [0.2, 0.25) is 5.91 Å². The average molecular weight is 361 g/mol. The average Bonchev–Trinajstić information content (AvgIpc) is 3.24. The van der Waals surface area contributed by atoms with Crippen molar-refractivity contribution in [3.63, 3.8) is 0 Å². The Morgan fingerprint density at radius 3 is 2.68 bits per heavy atom. The van der Waals surface area contributed by atoms with Gasteiger partial charge >= 0.3 is 0 Å². The van der Waals surface area contributed by atoms with Gasteiger partial charge in [-0.05, 0) is 88.2 Å². The first-order valence-electron chi connectivity index (χ1n) is 9.32. The molecule has 2 N–H and O–H groups in total. The molecule has 1 amide bonds. The molecule has 0 saturated carbocycles. The first kappa shape index (κ1) is 18.1. The molecule has 0 aliphatic carbocycles. The minimum atomic E-state index is 0.221. The molecule has 25 heavy (non-hydrogen) atoms. The number of hydrogen-bond donors (Lipinski definition) is 2. The van der Waals surface area contributed by atoms with Crippen molar-refractivity contribution in [2.45, 2.75) is 39.0 Å². The van der Waals surface area contributed by atoms with Crippen LogP contribution in [0, 0.1) is 6.92 Å². The molecule has 0 aromatic heterocycles. The minimum absolute atomic E-state index is 0.221. The number of thiocarbonyl (C=S) groups is 1. The largest absolute Gasteiger partial charge is 0.362 e. The number of hydrogen-bond acceptors (Lipinski definition) is 3. The van der Waals surface area contributed by atoms with Crippen LogP contribution >= 0.6 is 12.2 Å². The van der Waals surface area contributed by atoms with E-state index in [0.717, 1.165) is 49.4 Å². The molecule has 0 radical (unpaired) electrons. The summed E-state index contributed by atoms with van der Waals surface area (Å²) in [5, 5.41) is 7.18. The summed E-state index contributed by atoms with van der Waals surface area (Å²) in [7, 11) is 0. The number of benzene rings is 1. The molecule has 0 bridgehead atoms. The number of carbonyl (C=O) groups is 1. The van der Waals surface area contributed by atoms with Crippen LogP contribution in [0.5, 0.6) is 0 Å². The lowest BCUT2D eigenvalue weighted by Crippen LogP contribution is -2.31. The molecule has 6 heteroatoms. The Kier molecular flexibility index (Phi) is 6.26. The van der Waals surface area contributed by atoms with Gasteiger partial charge in [-0.15, -0.1) is 0 Å². The normalized spacial score (nSPS) is 18.0. The molecule has 2 fully saturated rings. The molecular weight excluding hydrogens is 332 g/mol. The standard InChI is InChI=1S/C19H28N4OS/c1-15-14-16(7-8-17(15)23-13-4-6-18(23)24)21-19(25)20-9-5-12-22-10-2-3-11-22/h7-8,14H,2-6,9-13H2,1H3,(H2,20,21,25). The van der Waals surface area contributed by atoms with Gasteiger partial charge in [-0.1, -0.05) is 0 Å². The lowest BCUT2D eigenvalue weighted by molar-refractivity contribution is -0.117. The number of anilines is 2. The van der Waals surface area contributed by atoms with Crippen LogP contribution in [0.25, 0.3) is 0 Å². The highest BCUT2D eigenvalue weighted by atomic mass is 32.1. The summed E-state index contributed by atoms with van der Waals surface area (Å²) in [6.07, 6.45) is 5.39. The third-order valence-electron chi connectivity index (χ3n) is 4.95. The van der Waals surface area contributed by atoms with Gasteiger partial charge in [0.25, 0.3) is 0 Å². The van der Waals surface area contributed by atoms with Crippen LogP contribution in [0.1, 0.15) is 37.7 Å². The fourth-order valence-corrected chi connectivity index (χ4v) is 3.84. The van der Waals surface area contributed by atoms with Gasteiger partial charge in [0.1, 0.15) is 0 Å². The van der Waals surface area contributed by atoms with Gasteiger partial charge in [0.15, 0.2) is 5.11 Å². The van der Waals surface area contributed by atoms with E-state index in [1.54, 1.807) is 0 Å². The van der Waals surface area contributed by atoms with Gasteiger partial charge in [-0.3, -0.25) is 4.79 Å². The van der Waals surface area contributed by atoms with E-state index in [-0.39, 0.29) is 5.91 Å². The van der Waals surface area contributed by atoms with Crippen LogP contribution in [0.4, 0.5) is 11.4 Å². The van der Waals surface area contributed by atoms with E-state index in [0.29, 0.717) is 11.5 Å². The maximum absolute atomic E-state index is 11.9. The Morgan fingerprint density at radius 1 is 1.20 bits per heavy atom. The van der Waals surface area contributed by atoms with Crippen molar-refractivity contribution in [1.82, 2.24) is 10.2 Å². The van der Waals surface area contributed by atoms with Gasteiger partial charge in [-0.2, -0.15) is 0 Å². The van der Waals surface area contributed by atoms with Crippen molar-refractivity contribution in [2.24, 2.45) is 0 Å². The van der Waals surface area contributed by atoms with Crippen LogP contribution in [0.15, 0.2) is 18.2 Å². The molecule has 1 aromatic carbocycles. The van der Waals surface area contributed by atoms with Crippen LogP contribution in [-0.2, 0) is 4.79 Å². The van der Waals surface area contributed by atoms with E-state index in [1.165, 1.54) is 25.9 Å². The van der Waals surface area contributed by atoms with E-state index in [9.17, 15) is 4.79 Å². The van der Waals surface area contributed by atoms with E-state index < -0.39 is 0 Å². The highest BCUT2D eigenvalue weighted by Crippen LogP contribution is 2.27. The predicted molar refractivity (Wildman–Crippen MR) is 107 cm³/mol. The molecule has 3 rings (SSSR count). The molecule has 136 valence electrons. The second-order valence-corrected chi connectivity index (χ2v) is 7.34. The second kappa shape index (κ2) is 8.63. The van der Waals surface area contributed by atoms with E-state index in [4.69, 9.17) is 12.2 Å². The van der Waals surface area contributed by atoms with E-state index in [2.05, 4.69) is 21.6 Å². The Bertz CT molecular complexity index is 628. The number of carbonyl (C=O) groups excluding carboxylic acids is 1.